The standard InChI is InChI=1S/C12H13ClN4O2S/c1-8-9(7-14)5-10(13)6-11(8)20(18,19)17-12-3-2-4-15-16-12/h2-6H,7,14H2,1H3,(H,16,17). The average molecular weight is 313 g/mol. The van der Waals surface area contributed by atoms with Gasteiger partial charge in [0.05, 0.1) is 4.90 Å². The predicted octanol–water partition coefficient (Wildman–Crippen LogP) is 1.70. The Morgan fingerprint density at radius 2 is 2.15 bits per heavy atom. The molecule has 1 heterocycles. The minimum atomic E-state index is -3.79. The maximum absolute atomic E-state index is 12.4. The lowest BCUT2D eigenvalue weighted by molar-refractivity contribution is 0.600. The van der Waals surface area contributed by atoms with E-state index in [1.54, 1.807) is 19.1 Å². The number of hydrogen-bond acceptors (Lipinski definition) is 5. The first kappa shape index (κ1) is 14.7. The van der Waals surface area contributed by atoms with Crippen LogP contribution in [0.15, 0.2) is 35.4 Å². The molecule has 6 nitrogen and oxygen atoms in total. The third-order valence-electron chi connectivity index (χ3n) is 2.75. The highest BCUT2D eigenvalue weighted by Gasteiger charge is 2.20. The molecule has 0 aliphatic rings. The molecular weight excluding hydrogens is 300 g/mol. The molecule has 8 heteroatoms. The summed E-state index contributed by atoms with van der Waals surface area (Å²) in [6.07, 6.45) is 1.45. The molecule has 2 rings (SSSR count). The average Bonchev–Trinajstić information content (AvgIpc) is 2.41. The highest BCUT2D eigenvalue weighted by Crippen LogP contribution is 2.25. The molecule has 3 N–H and O–H groups in total. The zero-order valence-electron chi connectivity index (χ0n) is 10.7. The van der Waals surface area contributed by atoms with E-state index in [4.69, 9.17) is 17.3 Å². The van der Waals surface area contributed by atoms with Crippen molar-refractivity contribution in [2.75, 3.05) is 4.72 Å². The lowest BCUT2D eigenvalue weighted by Crippen LogP contribution is -2.16. The van der Waals surface area contributed by atoms with Crippen molar-refractivity contribution in [2.45, 2.75) is 18.4 Å². The van der Waals surface area contributed by atoms with Crippen molar-refractivity contribution in [1.29, 1.82) is 0 Å². The van der Waals surface area contributed by atoms with Gasteiger partial charge in [0.15, 0.2) is 5.82 Å². The summed E-state index contributed by atoms with van der Waals surface area (Å²) >= 11 is 5.93. The molecule has 0 spiro atoms. The topological polar surface area (TPSA) is 98.0 Å². The van der Waals surface area contributed by atoms with E-state index in [2.05, 4.69) is 14.9 Å². The quantitative estimate of drug-likeness (QED) is 0.895. The van der Waals surface area contributed by atoms with Gasteiger partial charge >= 0.3 is 0 Å². The maximum atomic E-state index is 12.4. The van der Waals surface area contributed by atoms with E-state index in [0.29, 0.717) is 16.1 Å². The Bertz CT molecular complexity index is 720. The van der Waals surface area contributed by atoms with Gasteiger partial charge in [-0.3, -0.25) is 4.72 Å². The SMILES string of the molecule is Cc1c(CN)cc(Cl)cc1S(=O)(=O)Nc1cccnn1. The third kappa shape index (κ3) is 3.06. The number of benzene rings is 1. The lowest BCUT2D eigenvalue weighted by atomic mass is 10.1. The molecular formula is C12H13ClN4O2S. The van der Waals surface area contributed by atoms with Crippen molar-refractivity contribution in [3.05, 3.63) is 46.6 Å². The van der Waals surface area contributed by atoms with Crippen LogP contribution in [0.4, 0.5) is 5.82 Å². The van der Waals surface area contributed by atoms with Crippen LogP contribution in [0.25, 0.3) is 0 Å². The van der Waals surface area contributed by atoms with Crippen LogP contribution in [-0.2, 0) is 16.6 Å². The molecule has 0 fully saturated rings. The Hall–Kier alpha value is -1.70. The van der Waals surface area contributed by atoms with Crippen LogP contribution in [-0.4, -0.2) is 18.6 Å². The summed E-state index contributed by atoms with van der Waals surface area (Å²) in [6, 6.07) is 6.13. The summed E-state index contributed by atoms with van der Waals surface area (Å²) < 4.78 is 27.1. The smallest absolute Gasteiger partial charge is 0.263 e. The van der Waals surface area contributed by atoms with Gasteiger partial charge in [0.1, 0.15) is 0 Å². The van der Waals surface area contributed by atoms with Gasteiger partial charge in [-0.25, -0.2) is 8.42 Å². The molecule has 1 aromatic heterocycles. The number of halogens is 1. The summed E-state index contributed by atoms with van der Waals surface area (Å²) in [4.78, 5) is 0.0797. The van der Waals surface area contributed by atoms with Crippen LogP contribution in [0, 0.1) is 6.92 Å². The van der Waals surface area contributed by atoms with E-state index in [1.807, 2.05) is 0 Å². The molecule has 0 amide bonds. The minimum absolute atomic E-state index is 0.0797. The molecule has 0 aliphatic heterocycles. The normalized spacial score (nSPS) is 11.3. The van der Waals surface area contributed by atoms with E-state index in [9.17, 15) is 8.42 Å². The van der Waals surface area contributed by atoms with Crippen LogP contribution in [0.3, 0.4) is 0 Å². The molecule has 0 bridgehead atoms. The number of nitrogens with zero attached hydrogens (tertiary/aromatic N) is 2. The van der Waals surface area contributed by atoms with Gasteiger partial charge in [-0.1, -0.05) is 11.6 Å². The molecule has 0 saturated carbocycles. The monoisotopic (exact) mass is 312 g/mol. The van der Waals surface area contributed by atoms with Crippen molar-refractivity contribution in [1.82, 2.24) is 10.2 Å². The van der Waals surface area contributed by atoms with Crippen molar-refractivity contribution >= 4 is 27.4 Å². The summed E-state index contributed by atoms with van der Waals surface area (Å²) in [5, 5.41) is 7.61. The number of anilines is 1. The number of aromatic nitrogens is 2. The zero-order valence-corrected chi connectivity index (χ0v) is 12.2. The fourth-order valence-electron chi connectivity index (χ4n) is 1.75. The van der Waals surface area contributed by atoms with E-state index in [0.717, 1.165) is 0 Å². The van der Waals surface area contributed by atoms with Gasteiger partial charge in [-0.15, -0.1) is 5.10 Å². The summed E-state index contributed by atoms with van der Waals surface area (Å²) in [5.41, 5.74) is 6.83. The number of nitrogens with two attached hydrogens (primary N) is 1. The second kappa shape index (κ2) is 5.74. The first-order valence-electron chi connectivity index (χ1n) is 5.73. The molecule has 0 aliphatic carbocycles. The Labute approximate surface area is 122 Å². The lowest BCUT2D eigenvalue weighted by Gasteiger charge is -2.12. The molecule has 2 aromatic rings. The van der Waals surface area contributed by atoms with Crippen molar-refractivity contribution in [3.8, 4) is 0 Å². The number of rotatable bonds is 4. The molecule has 0 atom stereocenters. The Morgan fingerprint density at radius 1 is 1.40 bits per heavy atom. The predicted molar refractivity (Wildman–Crippen MR) is 76.9 cm³/mol. The van der Waals surface area contributed by atoms with Crippen LogP contribution in [0.2, 0.25) is 5.02 Å². The van der Waals surface area contributed by atoms with E-state index in [1.165, 1.54) is 18.3 Å². The van der Waals surface area contributed by atoms with Crippen molar-refractivity contribution < 1.29 is 8.42 Å². The van der Waals surface area contributed by atoms with Crippen LogP contribution >= 0.6 is 11.6 Å². The van der Waals surface area contributed by atoms with Crippen molar-refractivity contribution in [2.24, 2.45) is 5.73 Å². The van der Waals surface area contributed by atoms with E-state index in [-0.39, 0.29) is 17.3 Å². The number of hydrogen-bond donors (Lipinski definition) is 2. The maximum Gasteiger partial charge on any atom is 0.263 e. The van der Waals surface area contributed by atoms with Crippen molar-refractivity contribution in [3.63, 3.8) is 0 Å². The molecule has 0 unspecified atom stereocenters. The fraction of sp³-hybridized carbons (Fsp3) is 0.167. The highest BCUT2D eigenvalue weighted by atomic mass is 35.5. The first-order valence-corrected chi connectivity index (χ1v) is 7.60. The first-order chi connectivity index (χ1) is 9.44. The Kier molecular flexibility index (Phi) is 4.22. The van der Waals surface area contributed by atoms with Gasteiger partial charge in [-0.05, 0) is 42.3 Å². The largest absolute Gasteiger partial charge is 0.326 e. The van der Waals surface area contributed by atoms with Gasteiger partial charge < -0.3 is 5.73 Å². The molecule has 1 aromatic carbocycles. The second-order valence-electron chi connectivity index (χ2n) is 4.11. The molecule has 106 valence electrons. The van der Waals surface area contributed by atoms with Crippen LogP contribution in [0.5, 0.6) is 0 Å². The summed E-state index contributed by atoms with van der Waals surface area (Å²) in [7, 11) is -3.79. The van der Waals surface area contributed by atoms with Gasteiger partial charge in [0.25, 0.3) is 10.0 Å². The molecule has 20 heavy (non-hydrogen) atoms. The summed E-state index contributed by atoms with van der Waals surface area (Å²) in [6.45, 7) is 1.89. The minimum Gasteiger partial charge on any atom is -0.326 e. The number of nitrogens with one attached hydrogen (secondary N) is 1. The Balaban J connectivity index is 2.47. The molecule has 0 radical (unpaired) electrons. The second-order valence-corrected chi connectivity index (χ2v) is 6.19. The fourth-order valence-corrected chi connectivity index (χ4v) is 3.36. The van der Waals surface area contributed by atoms with Crippen LogP contribution in [0.1, 0.15) is 11.1 Å². The van der Waals surface area contributed by atoms with Crippen LogP contribution < -0.4 is 10.5 Å². The highest BCUT2D eigenvalue weighted by molar-refractivity contribution is 7.92. The zero-order chi connectivity index (χ0) is 14.8. The summed E-state index contributed by atoms with van der Waals surface area (Å²) in [5.74, 6) is 0.140. The number of sulfonamides is 1. The Morgan fingerprint density at radius 3 is 2.75 bits per heavy atom. The molecule has 0 saturated heterocycles. The van der Waals surface area contributed by atoms with Gasteiger partial charge in [0.2, 0.25) is 0 Å². The van der Waals surface area contributed by atoms with Gasteiger partial charge in [0, 0.05) is 17.8 Å². The van der Waals surface area contributed by atoms with Gasteiger partial charge in [-0.2, -0.15) is 5.10 Å². The van der Waals surface area contributed by atoms with E-state index < -0.39 is 10.0 Å². The third-order valence-corrected chi connectivity index (χ3v) is 4.45. The van der Waals surface area contributed by atoms with E-state index >= 15 is 0 Å².